The highest BCUT2D eigenvalue weighted by Gasteiger charge is 2.29. The van der Waals surface area contributed by atoms with Crippen LogP contribution in [0.4, 0.5) is 0 Å². The first-order valence-electron chi connectivity index (χ1n) is 11.4. The van der Waals surface area contributed by atoms with Crippen molar-refractivity contribution in [3.8, 4) is 5.75 Å². The van der Waals surface area contributed by atoms with Crippen LogP contribution in [-0.2, 0) is 28.8 Å². The van der Waals surface area contributed by atoms with Crippen molar-refractivity contribution in [2.24, 2.45) is 0 Å². The number of aromatic nitrogens is 2. The number of aryl methyl sites for hydroxylation is 3. The second kappa shape index (κ2) is 10.5. The Morgan fingerprint density at radius 3 is 2.44 bits per heavy atom. The van der Waals surface area contributed by atoms with E-state index in [2.05, 4.69) is 37.9 Å². The van der Waals surface area contributed by atoms with Crippen LogP contribution >= 0.6 is 0 Å². The van der Waals surface area contributed by atoms with E-state index in [-0.39, 0.29) is 11.3 Å². The van der Waals surface area contributed by atoms with Gasteiger partial charge in [-0.15, -0.1) is 0 Å². The second-order valence-corrected chi connectivity index (χ2v) is 10.8. The second-order valence-electron chi connectivity index (χ2n) is 8.70. The predicted octanol–water partition coefficient (Wildman–Crippen LogP) is 4.90. The maximum Gasteiger partial charge on any atom is 0.311 e. The van der Waals surface area contributed by atoms with Gasteiger partial charge in [-0.05, 0) is 55.2 Å². The molecule has 0 spiro atoms. The van der Waals surface area contributed by atoms with Gasteiger partial charge >= 0.3 is 5.56 Å². The molecule has 2 aromatic carbocycles. The molecule has 2 aromatic heterocycles. The molecule has 4 aromatic rings. The van der Waals surface area contributed by atoms with Crippen molar-refractivity contribution in [2.45, 2.75) is 38.8 Å². The minimum atomic E-state index is -0.489. The van der Waals surface area contributed by atoms with Crippen molar-refractivity contribution >= 4 is 21.9 Å². The summed E-state index contributed by atoms with van der Waals surface area (Å²) < 4.78 is 7.68. The van der Waals surface area contributed by atoms with Crippen LogP contribution in [0, 0.1) is 20.8 Å². The zero-order chi connectivity index (χ0) is 24.2. The standard InChI is InChI=1S/C28H30N2O3S/c1-19-15-20(2)24(21(3)16-19)18-33-13-14-34(4)26-25(31)23-11-8-12-29-27(23)30(28(26)32)17-22-9-6-5-7-10-22/h5-12,15-16H,13-14,17-18H2,1-4H3/p+1. The van der Waals surface area contributed by atoms with Crippen LogP contribution < -0.4 is 5.56 Å². The molecule has 2 heterocycles. The molecule has 0 radical (unpaired) electrons. The SMILES string of the molecule is Cc1cc(C)c(COCC[S+](C)c2c(O)c3cccnc3n(Cc3ccccc3)c2=O)c(C)c1. The lowest BCUT2D eigenvalue weighted by Gasteiger charge is -2.14. The van der Waals surface area contributed by atoms with Gasteiger partial charge in [0.05, 0.1) is 25.1 Å². The van der Waals surface area contributed by atoms with E-state index < -0.39 is 10.9 Å². The minimum Gasteiger partial charge on any atom is -0.503 e. The Balaban J connectivity index is 1.57. The monoisotopic (exact) mass is 475 g/mol. The first-order chi connectivity index (χ1) is 16.4. The van der Waals surface area contributed by atoms with Gasteiger partial charge in [-0.2, -0.15) is 0 Å². The van der Waals surface area contributed by atoms with Gasteiger partial charge in [0.1, 0.15) is 17.7 Å². The molecule has 34 heavy (non-hydrogen) atoms. The van der Waals surface area contributed by atoms with Gasteiger partial charge in [-0.1, -0.05) is 48.0 Å². The van der Waals surface area contributed by atoms with E-state index in [0.29, 0.717) is 41.4 Å². The Labute approximate surface area is 203 Å². The van der Waals surface area contributed by atoms with Crippen LogP contribution in [0.15, 0.2) is 70.5 Å². The molecule has 176 valence electrons. The highest BCUT2D eigenvalue weighted by molar-refractivity contribution is 7.96. The molecule has 4 rings (SSSR count). The van der Waals surface area contributed by atoms with Crippen LogP contribution in [-0.4, -0.2) is 33.3 Å². The summed E-state index contributed by atoms with van der Waals surface area (Å²) in [7, 11) is -0.489. The van der Waals surface area contributed by atoms with Crippen LogP contribution in [0.5, 0.6) is 5.75 Å². The third-order valence-electron chi connectivity index (χ3n) is 6.10. The highest BCUT2D eigenvalue weighted by Crippen LogP contribution is 2.29. The molecule has 0 bridgehead atoms. The summed E-state index contributed by atoms with van der Waals surface area (Å²) in [5, 5.41) is 11.6. The average Bonchev–Trinajstić information content (AvgIpc) is 2.81. The number of ether oxygens (including phenoxy) is 1. The van der Waals surface area contributed by atoms with Crippen LogP contribution in [0.2, 0.25) is 0 Å². The molecule has 1 N–H and O–H groups in total. The maximum absolute atomic E-state index is 13.6. The number of fused-ring (bicyclic) bond motifs is 1. The van der Waals surface area contributed by atoms with E-state index in [9.17, 15) is 9.90 Å². The van der Waals surface area contributed by atoms with Gasteiger partial charge in [0, 0.05) is 17.1 Å². The molecule has 0 saturated heterocycles. The van der Waals surface area contributed by atoms with Crippen molar-refractivity contribution in [1.82, 2.24) is 9.55 Å². The summed E-state index contributed by atoms with van der Waals surface area (Å²) in [5.41, 5.74) is 6.25. The number of pyridine rings is 2. The molecular weight excluding hydrogens is 444 g/mol. The number of aromatic hydroxyl groups is 1. The van der Waals surface area contributed by atoms with E-state index in [1.165, 1.54) is 22.3 Å². The molecule has 6 heteroatoms. The summed E-state index contributed by atoms with van der Waals surface area (Å²) in [6.07, 6.45) is 3.65. The van der Waals surface area contributed by atoms with Crippen LogP contribution in [0.25, 0.3) is 11.0 Å². The first kappa shape index (κ1) is 24.0. The zero-order valence-corrected chi connectivity index (χ0v) is 21.0. The Morgan fingerprint density at radius 2 is 1.74 bits per heavy atom. The van der Waals surface area contributed by atoms with E-state index in [1.807, 2.05) is 42.7 Å². The number of hydrogen-bond donors (Lipinski definition) is 1. The molecule has 1 atom stereocenters. The summed E-state index contributed by atoms with van der Waals surface area (Å²) in [6.45, 7) is 7.78. The molecule has 0 aliphatic carbocycles. The van der Waals surface area contributed by atoms with Gasteiger partial charge in [0.25, 0.3) is 4.90 Å². The fraction of sp³-hybridized carbons (Fsp3) is 0.286. The predicted molar refractivity (Wildman–Crippen MR) is 140 cm³/mol. The van der Waals surface area contributed by atoms with E-state index in [1.54, 1.807) is 16.8 Å². The number of benzene rings is 2. The third-order valence-corrected chi connectivity index (χ3v) is 7.95. The maximum atomic E-state index is 13.6. The fourth-order valence-corrected chi connectivity index (χ4v) is 5.78. The highest BCUT2D eigenvalue weighted by atomic mass is 32.2. The summed E-state index contributed by atoms with van der Waals surface area (Å²) in [6, 6.07) is 17.8. The van der Waals surface area contributed by atoms with Gasteiger partial charge in [0.15, 0.2) is 5.75 Å². The van der Waals surface area contributed by atoms with Crippen LogP contribution in [0.3, 0.4) is 0 Å². The van der Waals surface area contributed by atoms with Crippen molar-refractivity contribution in [3.05, 3.63) is 99.0 Å². The Morgan fingerprint density at radius 1 is 1.03 bits per heavy atom. The fourth-order valence-electron chi connectivity index (χ4n) is 4.36. The van der Waals surface area contributed by atoms with E-state index in [4.69, 9.17) is 4.74 Å². The lowest BCUT2D eigenvalue weighted by atomic mass is 10.0. The molecule has 0 fully saturated rings. The molecule has 0 aliphatic rings. The number of nitrogens with zero attached hydrogens (tertiary/aromatic N) is 2. The van der Waals surface area contributed by atoms with Gasteiger partial charge in [0.2, 0.25) is 0 Å². The van der Waals surface area contributed by atoms with Gasteiger partial charge in [-0.25, -0.2) is 4.98 Å². The Kier molecular flexibility index (Phi) is 7.39. The van der Waals surface area contributed by atoms with Gasteiger partial charge < -0.3 is 9.84 Å². The number of rotatable bonds is 8. The van der Waals surface area contributed by atoms with Crippen molar-refractivity contribution in [1.29, 1.82) is 0 Å². The largest absolute Gasteiger partial charge is 0.503 e. The third kappa shape index (κ3) is 5.03. The molecule has 0 amide bonds. The quantitative estimate of drug-likeness (QED) is 0.291. The van der Waals surface area contributed by atoms with Gasteiger partial charge in [-0.3, -0.25) is 9.36 Å². The van der Waals surface area contributed by atoms with Crippen LogP contribution in [0.1, 0.15) is 27.8 Å². The summed E-state index contributed by atoms with van der Waals surface area (Å²) in [4.78, 5) is 18.4. The Bertz CT molecular complexity index is 1340. The Hall–Kier alpha value is -3.09. The summed E-state index contributed by atoms with van der Waals surface area (Å²) in [5.74, 6) is 0.692. The van der Waals surface area contributed by atoms with Crippen molar-refractivity contribution in [2.75, 3.05) is 18.6 Å². The lowest BCUT2D eigenvalue weighted by molar-refractivity contribution is 0.135. The van der Waals surface area contributed by atoms with E-state index >= 15 is 0 Å². The molecule has 0 saturated carbocycles. The smallest absolute Gasteiger partial charge is 0.311 e. The summed E-state index contributed by atoms with van der Waals surface area (Å²) >= 11 is 0. The molecule has 5 nitrogen and oxygen atoms in total. The first-order valence-corrected chi connectivity index (χ1v) is 13.2. The van der Waals surface area contributed by atoms with E-state index in [0.717, 1.165) is 5.56 Å². The van der Waals surface area contributed by atoms with Crippen molar-refractivity contribution in [3.63, 3.8) is 0 Å². The molecule has 0 aliphatic heterocycles. The topological polar surface area (TPSA) is 64.3 Å². The minimum absolute atomic E-state index is 0.0356. The molecule has 1 unspecified atom stereocenters. The molecular formula is C28H31N2O3S+. The zero-order valence-electron chi connectivity index (χ0n) is 20.2. The number of hydrogen-bond acceptors (Lipinski definition) is 4. The normalized spacial score (nSPS) is 12.2. The average molecular weight is 476 g/mol. The van der Waals surface area contributed by atoms with Crippen molar-refractivity contribution < 1.29 is 9.84 Å². The lowest BCUT2D eigenvalue weighted by Crippen LogP contribution is -2.29.